The van der Waals surface area contributed by atoms with Gasteiger partial charge < -0.3 is 4.74 Å². The van der Waals surface area contributed by atoms with E-state index in [4.69, 9.17) is 15.3 Å². The molecule has 2 aliphatic rings. The molecule has 0 spiro atoms. The molecular weight excluding hydrogens is 344 g/mol. The third kappa shape index (κ3) is 6.22. The monoisotopic (exact) mass is 376 g/mol. The van der Waals surface area contributed by atoms with Crippen molar-refractivity contribution < 1.29 is 4.74 Å². The molecule has 3 rings (SSSR count). The summed E-state index contributed by atoms with van der Waals surface area (Å²) in [5.41, 5.74) is 2.14. The van der Waals surface area contributed by atoms with E-state index in [-0.39, 0.29) is 0 Å². The van der Waals surface area contributed by atoms with Crippen LogP contribution < -0.4 is 0 Å². The SMILES string of the molecule is N#C/C=C/CCC1CCC(OCC2CCC(c3ccc(C#N)cc3)CC2)CC1. The lowest BCUT2D eigenvalue weighted by molar-refractivity contribution is -0.00824. The van der Waals surface area contributed by atoms with Crippen LogP contribution in [0.25, 0.3) is 0 Å². The third-order valence-corrected chi connectivity index (χ3v) is 6.65. The van der Waals surface area contributed by atoms with Crippen LogP contribution in [0.3, 0.4) is 0 Å². The Morgan fingerprint density at radius 1 is 0.893 bits per heavy atom. The van der Waals surface area contributed by atoms with Crippen LogP contribution in [-0.2, 0) is 4.74 Å². The summed E-state index contributed by atoms with van der Waals surface area (Å²) < 4.78 is 6.29. The van der Waals surface area contributed by atoms with Crippen molar-refractivity contribution in [3.8, 4) is 12.1 Å². The summed E-state index contributed by atoms with van der Waals surface area (Å²) in [6, 6.07) is 12.4. The second-order valence-electron chi connectivity index (χ2n) is 8.54. The van der Waals surface area contributed by atoms with Crippen molar-refractivity contribution in [3.05, 3.63) is 47.5 Å². The Bertz CT molecular complexity index is 694. The highest BCUT2D eigenvalue weighted by molar-refractivity contribution is 5.33. The Balaban J connectivity index is 1.31. The van der Waals surface area contributed by atoms with Gasteiger partial charge in [-0.25, -0.2) is 0 Å². The highest BCUT2D eigenvalue weighted by Crippen LogP contribution is 2.37. The zero-order valence-electron chi connectivity index (χ0n) is 16.9. The second kappa shape index (κ2) is 11.0. The van der Waals surface area contributed by atoms with Gasteiger partial charge in [0.05, 0.1) is 23.8 Å². The number of nitrogens with zero attached hydrogens (tertiary/aromatic N) is 2. The number of nitriles is 2. The minimum absolute atomic E-state index is 0.460. The smallest absolute Gasteiger partial charge is 0.0991 e. The van der Waals surface area contributed by atoms with E-state index in [1.54, 1.807) is 6.08 Å². The van der Waals surface area contributed by atoms with Gasteiger partial charge in [0.15, 0.2) is 0 Å². The molecule has 0 saturated heterocycles. The zero-order valence-corrected chi connectivity index (χ0v) is 16.9. The standard InChI is InChI=1S/C25H32N2O/c26-17-3-1-2-4-20-9-15-25(16-10-20)28-19-22-7-13-24(14-8-22)23-11-5-21(18-27)6-12-23/h1,3,5-6,11-12,20,22,24-25H,2,4,7-10,13-16,19H2/b3-1+. The van der Waals surface area contributed by atoms with Crippen LogP contribution in [0.4, 0.5) is 0 Å². The second-order valence-corrected chi connectivity index (χ2v) is 8.54. The Morgan fingerprint density at radius 3 is 2.21 bits per heavy atom. The van der Waals surface area contributed by atoms with Crippen molar-refractivity contribution in [2.24, 2.45) is 11.8 Å². The lowest BCUT2D eigenvalue weighted by Gasteiger charge is -2.32. The normalized spacial score (nSPS) is 27.9. The van der Waals surface area contributed by atoms with Gasteiger partial charge in [-0.3, -0.25) is 0 Å². The molecule has 0 N–H and O–H groups in total. The van der Waals surface area contributed by atoms with Crippen LogP contribution >= 0.6 is 0 Å². The molecule has 0 aromatic heterocycles. The van der Waals surface area contributed by atoms with E-state index in [0.29, 0.717) is 17.9 Å². The fraction of sp³-hybridized carbons (Fsp3) is 0.600. The van der Waals surface area contributed by atoms with Gasteiger partial charge in [0, 0.05) is 12.7 Å². The number of hydrogen-bond acceptors (Lipinski definition) is 3. The quantitative estimate of drug-likeness (QED) is 0.527. The Hall–Kier alpha value is -2.10. The molecule has 0 heterocycles. The van der Waals surface area contributed by atoms with E-state index in [2.05, 4.69) is 24.3 Å². The van der Waals surface area contributed by atoms with Crippen molar-refractivity contribution in [3.63, 3.8) is 0 Å². The van der Waals surface area contributed by atoms with Crippen LogP contribution in [0, 0.1) is 34.5 Å². The zero-order chi connectivity index (χ0) is 19.6. The predicted octanol–water partition coefficient (Wildman–Crippen LogP) is 6.27. The first kappa shape index (κ1) is 20.6. The molecule has 2 aliphatic carbocycles. The summed E-state index contributed by atoms with van der Waals surface area (Å²) in [6.45, 7) is 0.931. The molecule has 1 aromatic rings. The minimum Gasteiger partial charge on any atom is -0.378 e. The largest absolute Gasteiger partial charge is 0.378 e. The maximum Gasteiger partial charge on any atom is 0.0991 e. The molecule has 0 atom stereocenters. The molecule has 0 radical (unpaired) electrons. The fourth-order valence-electron chi connectivity index (χ4n) is 4.82. The average Bonchev–Trinajstić information content (AvgIpc) is 2.76. The highest BCUT2D eigenvalue weighted by atomic mass is 16.5. The Morgan fingerprint density at radius 2 is 1.57 bits per heavy atom. The van der Waals surface area contributed by atoms with Crippen LogP contribution in [0.5, 0.6) is 0 Å². The predicted molar refractivity (Wildman–Crippen MR) is 112 cm³/mol. The molecular formula is C25H32N2O. The summed E-state index contributed by atoms with van der Waals surface area (Å²) in [5.74, 6) is 2.17. The molecule has 0 bridgehead atoms. The van der Waals surface area contributed by atoms with Gasteiger partial charge >= 0.3 is 0 Å². The first-order valence-electron chi connectivity index (χ1n) is 10.9. The summed E-state index contributed by atoms with van der Waals surface area (Å²) >= 11 is 0. The van der Waals surface area contributed by atoms with E-state index >= 15 is 0 Å². The van der Waals surface area contributed by atoms with Crippen molar-refractivity contribution in [2.45, 2.75) is 76.2 Å². The molecule has 1 aromatic carbocycles. The van der Waals surface area contributed by atoms with Gasteiger partial charge in [-0.2, -0.15) is 10.5 Å². The van der Waals surface area contributed by atoms with Gasteiger partial charge in [0.25, 0.3) is 0 Å². The van der Waals surface area contributed by atoms with E-state index in [1.807, 2.05) is 18.2 Å². The summed E-state index contributed by atoms with van der Waals surface area (Å²) in [6.07, 6.45) is 16.2. The molecule has 0 amide bonds. The maximum atomic E-state index is 8.94. The minimum atomic E-state index is 0.460. The maximum absolute atomic E-state index is 8.94. The van der Waals surface area contributed by atoms with Gasteiger partial charge in [0.1, 0.15) is 0 Å². The molecule has 0 aliphatic heterocycles. The van der Waals surface area contributed by atoms with Crippen LogP contribution in [0.2, 0.25) is 0 Å². The van der Waals surface area contributed by atoms with E-state index in [9.17, 15) is 0 Å². The first-order chi connectivity index (χ1) is 13.8. The van der Waals surface area contributed by atoms with Gasteiger partial charge in [-0.05, 0) is 99.7 Å². The molecule has 3 nitrogen and oxygen atoms in total. The molecule has 28 heavy (non-hydrogen) atoms. The lowest BCUT2D eigenvalue weighted by Crippen LogP contribution is -2.25. The number of ether oxygens (including phenoxy) is 1. The van der Waals surface area contributed by atoms with E-state index in [0.717, 1.165) is 24.5 Å². The third-order valence-electron chi connectivity index (χ3n) is 6.65. The molecule has 3 heteroatoms. The first-order valence-corrected chi connectivity index (χ1v) is 10.9. The number of benzene rings is 1. The Kier molecular flexibility index (Phi) is 8.13. The lowest BCUT2D eigenvalue weighted by atomic mass is 9.79. The van der Waals surface area contributed by atoms with Gasteiger partial charge in [0.2, 0.25) is 0 Å². The Labute approximate surface area is 170 Å². The van der Waals surface area contributed by atoms with Crippen LogP contribution in [0.1, 0.15) is 81.3 Å². The number of rotatable bonds is 7. The average molecular weight is 377 g/mol. The summed E-state index contributed by atoms with van der Waals surface area (Å²) in [5, 5.41) is 17.5. The topological polar surface area (TPSA) is 56.8 Å². The molecule has 148 valence electrons. The summed E-state index contributed by atoms with van der Waals surface area (Å²) in [4.78, 5) is 0. The van der Waals surface area contributed by atoms with Crippen molar-refractivity contribution >= 4 is 0 Å². The van der Waals surface area contributed by atoms with Crippen molar-refractivity contribution in [1.29, 1.82) is 10.5 Å². The van der Waals surface area contributed by atoms with E-state index < -0.39 is 0 Å². The fourth-order valence-corrected chi connectivity index (χ4v) is 4.82. The number of hydrogen-bond donors (Lipinski definition) is 0. The molecule has 2 fully saturated rings. The molecule has 2 saturated carbocycles. The van der Waals surface area contributed by atoms with Crippen molar-refractivity contribution in [1.82, 2.24) is 0 Å². The van der Waals surface area contributed by atoms with Crippen LogP contribution in [-0.4, -0.2) is 12.7 Å². The highest BCUT2D eigenvalue weighted by Gasteiger charge is 2.25. The van der Waals surface area contributed by atoms with Crippen molar-refractivity contribution in [2.75, 3.05) is 6.61 Å². The van der Waals surface area contributed by atoms with Gasteiger partial charge in [-0.1, -0.05) is 18.2 Å². The molecule has 0 unspecified atom stereocenters. The van der Waals surface area contributed by atoms with E-state index in [1.165, 1.54) is 63.4 Å². The number of allylic oxidation sites excluding steroid dienone is 2. The summed E-state index contributed by atoms with van der Waals surface area (Å²) in [7, 11) is 0. The van der Waals surface area contributed by atoms with Crippen LogP contribution in [0.15, 0.2) is 36.4 Å². The van der Waals surface area contributed by atoms with Gasteiger partial charge in [-0.15, -0.1) is 0 Å².